The van der Waals surface area contributed by atoms with Gasteiger partial charge in [0.25, 0.3) is 0 Å². The van der Waals surface area contributed by atoms with Crippen molar-refractivity contribution in [2.24, 2.45) is 0 Å². The maximum atomic E-state index is 11.5. The van der Waals surface area contributed by atoms with Crippen molar-refractivity contribution in [1.82, 2.24) is 0 Å². The first-order valence-corrected chi connectivity index (χ1v) is 7.30. The number of ether oxygens (including phenoxy) is 1. The standard InChI is InChI=1S/C19H16O2/c1-19(11-10-18(20)21-19)15-9-8-14-7-6-13-4-2-3-5-16(13)17(14)12-15/h2-9,12H,10-11H2,1H3. The second-order valence-corrected chi connectivity index (χ2v) is 5.93. The van der Waals surface area contributed by atoms with E-state index in [0.29, 0.717) is 6.42 Å². The molecule has 21 heavy (non-hydrogen) atoms. The molecule has 1 saturated heterocycles. The predicted octanol–water partition coefficient (Wildman–Crippen LogP) is 4.55. The Balaban J connectivity index is 1.96. The van der Waals surface area contributed by atoms with E-state index in [1.165, 1.54) is 21.5 Å². The Hall–Kier alpha value is -2.35. The van der Waals surface area contributed by atoms with Gasteiger partial charge in [0.05, 0.1) is 0 Å². The van der Waals surface area contributed by atoms with Crippen LogP contribution >= 0.6 is 0 Å². The van der Waals surface area contributed by atoms with E-state index >= 15 is 0 Å². The van der Waals surface area contributed by atoms with Crippen LogP contribution in [0.3, 0.4) is 0 Å². The molecular formula is C19H16O2. The summed E-state index contributed by atoms with van der Waals surface area (Å²) in [5.74, 6) is -0.101. The minimum absolute atomic E-state index is 0.101. The maximum Gasteiger partial charge on any atom is 0.306 e. The van der Waals surface area contributed by atoms with E-state index in [0.717, 1.165) is 12.0 Å². The normalized spacial score (nSPS) is 21.9. The average Bonchev–Trinajstić information content (AvgIpc) is 2.87. The van der Waals surface area contributed by atoms with Gasteiger partial charge in [0, 0.05) is 12.8 Å². The van der Waals surface area contributed by atoms with E-state index in [1.54, 1.807) is 0 Å². The highest BCUT2D eigenvalue weighted by atomic mass is 16.6. The molecule has 1 aliphatic rings. The van der Waals surface area contributed by atoms with Gasteiger partial charge in [0.15, 0.2) is 0 Å². The van der Waals surface area contributed by atoms with Crippen LogP contribution < -0.4 is 0 Å². The molecule has 2 nitrogen and oxygen atoms in total. The number of carbonyl (C=O) groups excluding carboxylic acids is 1. The van der Waals surface area contributed by atoms with Gasteiger partial charge in [-0.25, -0.2) is 0 Å². The monoisotopic (exact) mass is 276 g/mol. The molecule has 104 valence electrons. The summed E-state index contributed by atoms with van der Waals surface area (Å²) in [7, 11) is 0. The van der Waals surface area contributed by atoms with E-state index in [4.69, 9.17) is 4.74 Å². The third-order valence-electron chi connectivity index (χ3n) is 4.50. The minimum atomic E-state index is -0.484. The first kappa shape index (κ1) is 12.4. The van der Waals surface area contributed by atoms with Crippen molar-refractivity contribution in [3.63, 3.8) is 0 Å². The molecule has 2 heteroatoms. The van der Waals surface area contributed by atoms with Crippen LogP contribution in [0.25, 0.3) is 21.5 Å². The molecule has 3 aromatic rings. The Kier molecular flexibility index (Phi) is 2.55. The lowest BCUT2D eigenvalue weighted by Gasteiger charge is -2.23. The first-order chi connectivity index (χ1) is 10.2. The molecule has 0 aliphatic carbocycles. The summed E-state index contributed by atoms with van der Waals surface area (Å²) in [6.07, 6.45) is 1.26. The highest BCUT2D eigenvalue weighted by Gasteiger charge is 2.37. The Bertz CT molecular complexity index is 866. The van der Waals surface area contributed by atoms with Crippen LogP contribution in [-0.2, 0) is 15.1 Å². The van der Waals surface area contributed by atoms with E-state index in [1.807, 2.05) is 6.92 Å². The van der Waals surface area contributed by atoms with Crippen molar-refractivity contribution >= 4 is 27.5 Å². The van der Waals surface area contributed by atoms with Gasteiger partial charge in [-0.05, 0) is 40.1 Å². The van der Waals surface area contributed by atoms with Gasteiger partial charge >= 0.3 is 5.97 Å². The molecule has 0 saturated carbocycles. The minimum Gasteiger partial charge on any atom is -0.454 e. The van der Waals surface area contributed by atoms with Crippen LogP contribution in [-0.4, -0.2) is 5.97 Å². The third kappa shape index (κ3) is 1.90. The zero-order valence-electron chi connectivity index (χ0n) is 11.9. The molecule has 1 fully saturated rings. The number of cyclic esters (lactones) is 1. The van der Waals surface area contributed by atoms with E-state index < -0.39 is 5.60 Å². The van der Waals surface area contributed by atoms with Crippen LogP contribution in [0.5, 0.6) is 0 Å². The first-order valence-electron chi connectivity index (χ1n) is 7.30. The lowest BCUT2D eigenvalue weighted by atomic mass is 9.90. The van der Waals surface area contributed by atoms with Crippen molar-refractivity contribution in [2.75, 3.05) is 0 Å². The summed E-state index contributed by atoms with van der Waals surface area (Å²) in [5, 5.41) is 4.90. The topological polar surface area (TPSA) is 26.3 Å². The number of fused-ring (bicyclic) bond motifs is 3. The molecule has 0 spiro atoms. The van der Waals surface area contributed by atoms with Gasteiger partial charge in [-0.15, -0.1) is 0 Å². The van der Waals surface area contributed by atoms with Crippen molar-refractivity contribution in [3.05, 3.63) is 60.2 Å². The van der Waals surface area contributed by atoms with Gasteiger partial charge < -0.3 is 4.74 Å². The number of hydrogen-bond donors (Lipinski definition) is 0. The lowest BCUT2D eigenvalue weighted by molar-refractivity contribution is -0.147. The fourth-order valence-corrected chi connectivity index (χ4v) is 3.23. The van der Waals surface area contributed by atoms with Crippen molar-refractivity contribution in [2.45, 2.75) is 25.4 Å². The Labute approximate surface area is 123 Å². The van der Waals surface area contributed by atoms with Crippen molar-refractivity contribution in [3.8, 4) is 0 Å². The van der Waals surface area contributed by atoms with Crippen LogP contribution in [0.4, 0.5) is 0 Å². The van der Waals surface area contributed by atoms with Crippen LogP contribution in [0.1, 0.15) is 25.3 Å². The smallest absolute Gasteiger partial charge is 0.306 e. The van der Waals surface area contributed by atoms with E-state index in [2.05, 4.69) is 54.6 Å². The summed E-state index contributed by atoms with van der Waals surface area (Å²) in [6, 6.07) is 19.0. The van der Waals surface area contributed by atoms with E-state index in [9.17, 15) is 4.79 Å². The molecule has 0 amide bonds. The summed E-state index contributed by atoms with van der Waals surface area (Å²) in [6.45, 7) is 2.00. The zero-order chi connectivity index (χ0) is 14.4. The molecule has 3 aromatic carbocycles. The molecule has 0 radical (unpaired) electrons. The number of benzene rings is 3. The largest absolute Gasteiger partial charge is 0.454 e. The fraction of sp³-hybridized carbons (Fsp3) is 0.211. The molecular weight excluding hydrogens is 260 g/mol. The van der Waals surface area contributed by atoms with Crippen molar-refractivity contribution in [1.29, 1.82) is 0 Å². The number of carbonyl (C=O) groups is 1. The molecule has 1 atom stereocenters. The van der Waals surface area contributed by atoms with E-state index in [-0.39, 0.29) is 5.97 Å². The van der Waals surface area contributed by atoms with Gasteiger partial charge in [0.2, 0.25) is 0 Å². The summed E-state index contributed by atoms with van der Waals surface area (Å²) < 4.78 is 5.56. The Morgan fingerprint density at radius 1 is 0.952 bits per heavy atom. The molecule has 4 rings (SSSR count). The summed E-state index contributed by atoms with van der Waals surface area (Å²) >= 11 is 0. The molecule has 1 heterocycles. The average molecular weight is 276 g/mol. The predicted molar refractivity (Wildman–Crippen MR) is 84.1 cm³/mol. The fourth-order valence-electron chi connectivity index (χ4n) is 3.23. The number of rotatable bonds is 1. The second-order valence-electron chi connectivity index (χ2n) is 5.93. The van der Waals surface area contributed by atoms with Crippen LogP contribution in [0, 0.1) is 0 Å². The van der Waals surface area contributed by atoms with Gasteiger partial charge in [-0.1, -0.05) is 48.5 Å². The Morgan fingerprint density at radius 2 is 1.67 bits per heavy atom. The number of hydrogen-bond acceptors (Lipinski definition) is 2. The van der Waals surface area contributed by atoms with Crippen LogP contribution in [0.15, 0.2) is 54.6 Å². The van der Waals surface area contributed by atoms with Crippen LogP contribution in [0.2, 0.25) is 0 Å². The zero-order valence-corrected chi connectivity index (χ0v) is 11.9. The highest BCUT2D eigenvalue weighted by Crippen LogP contribution is 2.38. The summed E-state index contributed by atoms with van der Waals surface area (Å²) in [5.41, 5.74) is 0.597. The molecule has 0 N–H and O–H groups in total. The lowest BCUT2D eigenvalue weighted by Crippen LogP contribution is -2.20. The molecule has 0 bridgehead atoms. The SMILES string of the molecule is CC1(c2ccc3ccc4ccccc4c3c2)CCC(=O)O1. The molecule has 0 aromatic heterocycles. The highest BCUT2D eigenvalue weighted by molar-refractivity contribution is 6.07. The number of esters is 1. The maximum absolute atomic E-state index is 11.5. The second kappa shape index (κ2) is 4.32. The molecule has 1 aliphatic heterocycles. The quantitative estimate of drug-likeness (QED) is 0.481. The van der Waals surface area contributed by atoms with Gasteiger partial charge in [-0.2, -0.15) is 0 Å². The summed E-state index contributed by atoms with van der Waals surface area (Å²) in [4.78, 5) is 11.5. The molecule has 1 unspecified atom stereocenters. The van der Waals surface area contributed by atoms with Gasteiger partial charge in [0.1, 0.15) is 5.60 Å². The Morgan fingerprint density at radius 3 is 2.43 bits per heavy atom. The van der Waals surface area contributed by atoms with Crippen molar-refractivity contribution < 1.29 is 9.53 Å². The third-order valence-corrected chi connectivity index (χ3v) is 4.50. The van der Waals surface area contributed by atoms with Gasteiger partial charge in [-0.3, -0.25) is 4.79 Å².